The second kappa shape index (κ2) is 5.81. The molecule has 0 radical (unpaired) electrons. The molecule has 0 fully saturated rings. The second-order valence-corrected chi connectivity index (χ2v) is 6.35. The van der Waals surface area contributed by atoms with Crippen LogP contribution in [0.5, 0.6) is 23.0 Å². The average molecular weight is 350 g/mol. The minimum absolute atomic E-state index is 0.257. The molecule has 5 nitrogen and oxygen atoms in total. The minimum atomic E-state index is 0.257. The third kappa shape index (κ3) is 2.14. The standard InChI is InChI=1S/C21H18O5/c1-22-17-6-4-12-7-14-9-24-10-15(14)19(20(12)21(17)23-2)13-3-5-16-18(8-13)26-11-25-16/h3-8H,9-11H2,1-2H3. The maximum Gasteiger partial charge on any atom is 0.231 e. The number of hydrogen-bond acceptors (Lipinski definition) is 5. The molecule has 0 spiro atoms. The lowest BCUT2D eigenvalue weighted by Gasteiger charge is -2.17. The molecule has 5 rings (SSSR count). The Morgan fingerprint density at radius 1 is 0.885 bits per heavy atom. The fraction of sp³-hybridized carbons (Fsp3) is 0.238. The highest BCUT2D eigenvalue weighted by Gasteiger charge is 2.25. The van der Waals surface area contributed by atoms with E-state index in [1.165, 1.54) is 11.1 Å². The van der Waals surface area contributed by atoms with Crippen LogP contribution in [-0.2, 0) is 18.0 Å². The molecule has 0 aromatic heterocycles. The van der Waals surface area contributed by atoms with Crippen molar-refractivity contribution in [1.29, 1.82) is 0 Å². The van der Waals surface area contributed by atoms with Crippen molar-refractivity contribution in [1.82, 2.24) is 0 Å². The first-order valence-electron chi connectivity index (χ1n) is 8.47. The summed E-state index contributed by atoms with van der Waals surface area (Å²) < 4.78 is 28.1. The summed E-state index contributed by atoms with van der Waals surface area (Å²) in [6, 6.07) is 12.2. The van der Waals surface area contributed by atoms with Crippen molar-refractivity contribution < 1.29 is 23.7 Å². The van der Waals surface area contributed by atoms with Crippen LogP contribution in [0.4, 0.5) is 0 Å². The lowest BCUT2D eigenvalue weighted by atomic mass is 9.90. The molecule has 3 aromatic rings. The van der Waals surface area contributed by atoms with Crippen molar-refractivity contribution in [3.63, 3.8) is 0 Å². The molecule has 0 unspecified atom stereocenters. The summed E-state index contributed by atoms with van der Waals surface area (Å²) in [7, 11) is 3.32. The van der Waals surface area contributed by atoms with Gasteiger partial charge in [0.25, 0.3) is 0 Å². The Kier molecular flexibility index (Phi) is 3.43. The van der Waals surface area contributed by atoms with Gasteiger partial charge in [-0.1, -0.05) is 12.1 Å². The largest absolute Gasteiger partial charge is 0.493 e. The number of fused-ring (bicyclic) bond motifs is 3. The van der Waals surface area contributed by atoms with E-state index in [0.717, 1.165) is 39.1 Å². The smallest absolute Gasteiger partial charge is 0.231 e. The van der Waals surface area contributed by atoms with Crippen molar-refractivity contribution in [2.45, 2.75) is 13.2 Å². The first-order valence-corrected chi connectivity index (χ1v) is 8.47. The molecule has 0 amide bonds. The molecule has 0 aliphatic carbocycles. The molecule has 2 heterocycles. The van der Waals surface area contributed by atoms with E-state index in [2.05, 4.69) is 18.2 Å². The van der Waals surface area contributed by atoms with Gasteiger partial charge >= 0.3 is 0 Å². The summed E-state index contributed by atoms with van der Waals surface area (Å²) in [6.07, 6.45) is 0. The van der Waals surface area contributed by atoms with Crippen LogP contribution < -0.4 is 18.9 Å². The van der Waals surface area contributed by atoms with Crippen molar-refractivity contribution in [2.75, 3.05) is 21.0 Å². The van der Waals surface area contributed by atoms with Crippen molar-refractivity contribution >= 4 is 10.8 Å². The highest BCUT2D eigenvalue weighted by molar-refractivity contribution is 6.05. The lowest BCUT2D eigenvalue weighted by molar-refractivity contribution is 0.134. The third-order valence-electron chi connectivity index (χ3n) is 5.01. The number of rotatable bonds is 3. The number of ether oxygens (including phenoxy) is 5. The summed E-state index contributed by atoms with van der Waals surface area (Å²) in [5.41, 5.74) is 4.54. The van der Waals surface area contributed by atoms with E-state index in [1.54, 1.807) is 14.2 Å². The van der Waals surface area contributed by atoms with E-state index in [4.69, 9.17) is 23.7 Å². The highest BCUT2D eigenvalue weighted by Crippen LogP contribution is 2.47. The molecule has 3 aromatic carbocycles. The Bertz CT molecular complexity index is 1020. The van der Waals surface area contributed by atoms with Gasteiger partial charge in [-0.15, -0.1) is 0 Å². The van der Waals surface area contributed by atoms with Gasteiger partial charge in [-0.3, -0.25) is 0 Å². The van der Waals surface area contributed by atoms with E-state index in [0.29, 0.717) is 19.0 Å². The number of methoxy groups -OCH3 is 2. The summed E-state index contributed by atoms with van der Waals surface area (Å²) in [4.78, 5) is 0. The first-order chi connectivity index (χ1) is 12.8. The SMILES string of the molecule is COc1ccc2cc3c(c(-c4ccc5c(c4)OCO5)c2c1OC)COC3. The first kappa shape index (κ1) is 15.3. The monoisotopic (exact) mass is 350 g/mol. The molecule has 0 saturated carbocycles. The van der Waals surface area contributed by atoms with Crippen LogP contribution in [0.15, 0.2) is 36.4 Å². The Morgan fingerprint density at radius 2 is 1.77 bits per heavy atom. The molecule has 0 atom stereocenters. The fourth-order valence-electron chi connectivity index (χ4n) is 3.83. The zero-order valence-corrected chi connectivity index (χ0v) is 14.6. The van der Waals surface area contributed by atoms with Gasteiger partial charge in [0.05, 0.1) is 27.4 Å². The predicted octanol–water partition coefficient (Wildman–Crippen LogP) is 4.28. The molecule has 2 aliphatic rings. The number of benzene rings is 3. The minimum Gasteiger partial charge on any atom is -0.493 e. The molecular weight excluding hydrogens is 332 g/mol. The molecule has 0 saturated heterocycles. The van der Waals surface area contributed by atoms with Gasteiger partial charge in [0.1, 0.15) is 0 Å². The van der Waals surface area contributed by atoms with Crippen LogP contribution in [0.1, 0.15) is 11.1 Å². The van der Waals surface area contributed by atoms with E-state index < -0.39 is 0 Å². The summed E-state index contributed by atoms with van der Waals surface area (Å²) in [5.74, 6) is 2.97. The quantitative estimate of drug-likeness (QED) is 0.705. The molecular formula is C21H18O5. The maximum absolute atomic E-state index is 5.74. The van der Waals surface area contributed by atoms with Gasteiger partial charge in [-0.05, 0) is 51.9 Å². The van der Waals surface area contributed by atoms with E-state index in [1.807, 2.05) is 18.2 Å². The van der Waals surface area contributed by atoms with Gasteiger partial charge in [-0.2, -0.15) is 0 Å². The Balaban J connectivity index is 1.87. The predicted molar refractivity (Wildman–Crippen MR) is 97.1 cm³/mol. The maximum atomic E-state index is 5.74. The van der Waals surface area contributed by atoms with Crippen LogP contribution in [0.2, 0.25) is 0 Å². The van der Waals surface area contributed by atoms with E-state index in [9.17, 15) is 0 Å². The van der Waals surface area contributed by atoms with Crippen molar-refractivity contribution in [2.24, 2.45) is 0 Å². The molecule has 5 heteroatoms. The van der Waals surface area contributed by atoms with Gasteiger partial charge in [-0.25, -0.2) is 0 Å². The molecule has 2 aliphatic heterocycles. The molecule has 0 N–H and O–H groups in total. The van der Waals surface area contributed by atoms with Crippen molar-refractivity contribution in [3.05, 3.63) is 47.5 Å². The van der Waals surface area contributed by atoms with E-state index >= 15 is 0 Å². The summed E-state index contributed by atoms with van der Waals surface area (Å²) in [5, 5.41) is 2.12. The van der Waals surface area contributed by atoms with Crippen LogP contribution in [0.25, 0.3) is 21.9 Å². The molecule has 26 heavy (non-hydrogen) atoms. The zero-order valence-electron chi connectivity index (χ0n) is 14.6. The van der Waals surface area contributed by atoms with Crippen LogP contribution in [0.3, 0.4) is 0 Å². The highest BCUT2D eigenvalue weighted by atomic mass is 16.7. The number of hydrogen-bond donors (Lipinski definition) is 0. The Morgan fingerprint density at radius 3 is 2.62 bits per heavy atom. The Labute approximate surface area is 151 Å². The zero-order chi connectivity index (χ0) is 17.7. The molecule has 0 bridgehead atoms. The van der Waals surface area contributed by atoms with Gasteiger partial charge in [0.15, 0.2) is 23.0 Å². The van der Waals surface area contributed by atoms with Crippen LogP contribution in [-0.4, -0.2) is 21.0 Å². The van der Waals surface area contributed by atoms with Gasteiger partial charge in [0, 0.05) is 5.39 Å². The lowest BCUT2D eigenvalue weighted by Crippen LogP contribution is -1.97. The summed E-state index contributed by atoms with van der Waals surface area (Å²) in [6.45, 7) is 1.46. The second-order valence-electron chi connectivity index (χ2n) is 6.35. The van der Waals surface area contributed by atoms with Crippen LogP contribution >= 0.6 is 0 Å². The topological polar surface area (TPSA) is 46.2 Å². The average Bonchev–Trinajstić information content (AvgIpc) is 3.33. The Hall–Kier alpha value is -2.92. The van der Waals surface area contributed by atoms with Gasteiger partial charge in [0.2, 0.25) is 6.79 Å². The van der Waals surface area contributed by atoms with Crippen LogP contribution in [0, 0.1) is 0 Å². The normalized spacial score (nSPS) is 14.5. The van der Waals surface area contributed by atoms with E-state index in [-0.39, 0.29) is 6.79 Å². The molecule has 132 valence electrons. The fourth-order valence-corrected chi connectivity index (χ4v) is 3.83. The van der Waals surface area contributed by atoms with Crippen molar-refractivity contribution in [3.8, 4) is 34.1 Å². The van der Waals surface area contributed by atoms with Gasteiger partial charge < -0.3 is 23.7 Å². The summed E-state index contributed by atoms with van der Waals surface area (Å²) >= 11 is 0. The third-order valence-corrected chi connectivity index (χ3v) is 5.01.